The van der Waals surface area contributed by atoms with Gasteiger partial charge in [-0.3, -0.25) is 4.99 Å². The predicted octanol–water partition coefficient (Wildman–Crippen LogP) is 0.354. The van der Waals surface area contributed by atoms with Gasteiger partial charge >= 0.3 is 0 Å². The van der Waals surface area contributed by atoms with Crippen LogP contribution in [0.25, 0.3) is 0 Å². The lowest BCUT2D eigenvalue weighted by molar-refractivity contribution is 0.306. The second kappa shape index (κ2) is 8.84. The largest absolute Gasteiger partial charge is 0.355 e. The van der Waals surface area contributed by atoms with E-state index in [4.69, 9.17) is 0 Å². The fourth-order valence-corrected chi connectivity index (χ4v) is 3.60. The van der Waals surface area contributed by atoms with Crippen LogP contribution in [0.15, 0.2) is 4.99 Å². The summed E-state index contributed by atoms with van der Waals surface area (Å²) in [6, 6.07) is 0.264. The molecule has 1 aliphatic rings. The minimum absolute atomic E-state index is 0.107. The van der Waals surface area contributed by atoms with Gasteiger partial charge in [0.05, 0.1) is 5.75 Å². The predicted molar refractivity (Wildman–Crippen MR) is 96.3 cm³/mol. The van der Waals surface area contributed by atoms with Crippen LogP contribution in [-0.4, -0.2) is 69.2 Å². The number of aliphatic imine (C=N–C) groups is 1. The van der Waals surface area contributed by atoms with Gasteiger partial charge in [-0.15, -0.1) is 0 Å². The first-order valence-electron chi connectivity index (χ1n) is 8.38. The molecule has 3 N–H and O–H groups in total. The Kier molecular flexibility index (Phi) is 7.76. The van der Waals surface area contributed by atoms with E-state index in [9.17, 15) is 8.42 Å². The number of hydrogen-bond donors (Lipinski definition) is 3. The molecule has 0 atom stereocenters. The van der Waals surface area contributed by atoms with Crippen molar-refractivity contribution in [2.24, 2.45) is 4.99 Å². The van der Waals surface area contributed by atoms with E-state index in [0.717, 1.165) is 31.9 Å². The second-order valence-corrected chi connectivity index (χ2v) is 9.15. The monoisotopic (exact) mass is 347 g/mol. The lowest BCUT2D eigenvalue weighted by Gasteiger charge is -2.32. The van der Waals surface area contributed by atoms with Crippen LogP contribution in [-0.2, 0) is 10.0 Å². The van der Waals surface area contributed by atoms with Crippen molar-refractivity contribution in [2.45, 2.75) is 52.1 Å². The summed E-state index contributed by atoms with van der Waals surface area (Å²) in [5.41, 5.74) is 0.107. The number of piperidine rings is 1. The van der Waals surface area contributed by atoms with Crippen molar-refractivity contribution in [2.75, 3.05) is 39.0 Å². The zero-order valence-corrected chi connectivity index (χ0v) is 16.0. The number of guanidine groups is 1. The highest BCUT2D eigenvalue weighted by Gasteiger charge is 2.26. The molecule has 0 radical (unpaired) electrons. The highest BCUT2D eigenvalue weighted by Crippen LogP contribution is 2.14. The first kappa shape index (κ1) is 20.2. The van der Waals surface area contributed by atoms with E-state index in [0.29, 0.717) is 13.1 Å². The molecule has 1 heterocycles. The summed E-state index contributed by atoms with van der Waals surface area (Å²) in [5.74, 6) is 0.951. The Morgan fingerprint density at radius 3 is 2.30 bits per heavy atom. The maximum Gasteiger partial charge on any atom is 0.213 e. The summed E-state index contributed by atoms with van der Waals surface area (Å²) < 4.78 is 25.3. The molecule has 0 saturated carbocycles. The van der Waals surface area contributed by atoms with Gasteiger partial charge in [-0.25, -0.2) is 12.7 Å². The standard InChI is InChI=1S/C15H33N5O2S/c1-6-23(21,22)20-11-7-13(8-12-20)19-14(16-5)17-9-10-18-15(2,3)4/h13,18H,6-12H2,1-5H3,(H2,16,17,19). The van der Waals surface area contributed by atoms with Crippen molar-refractivity contribution in [1.82, 2.24) is 20.3 Å². The van der Waals surface area contributed by atoms with Gasteiger partial charge in [0.25, 0.3) is 0 Å². The third-order valence-electron chi connectivity index (χ3n) is 3.85. The Hall–Kier alpha value is -0.860. The first-order valence-corrected chi connectivity index (χ1v) is 9.99. The van der Waals surface area contributed by atoms with Crippen LogP contribution in [0.1, 0.15) is 40.5 Å². The van der Waals surface area contributed by atoms with E-state index in [-0.39, 0.29) is 17.3 Å². The van der Waals surface area contributed by atoms with E-state index in [1.54, 1.807) is 18.3 Å². The molecule has 0 aromatic rings. The van der Waals surface area contributed by atoms with E-state index in [1.165, 1.54) is 0 Å². The number of rotatable bonds is 6. The number of hydrogen-bond acceptors (Lipinski definition) is 4. The molecular weight excluding hydrogens is 314 g/mol. The first-order chi connectivity index (χ1) is 10.7. The van der Waals surface area contributed by atoms with Crippen molar-refractivity contribution in [3.05, 3.63) is 0 Å². The molecular formula is C15H33N5O2S. The molecule has 1 fully saturated rings. The fraction of sp³-hybridized carbons (Fsp3) is 0.933. The summed E-state index contributed by atoms with van der Waals surface area (Å²) in [6.07, 6.45) is 1.61. The van der Waals surface area contributed by atoms with E-state index in [2.05, 4.69) is 41.7 Å². The Morgan fingerprint density at radius 1 is 1.22 bits per heavy atom. The molecule has 1 saturated heterocycles. The molecule has 0 aliphatic carbocycles. The molecule has 0 aromatic carbocycles. The quantitative estimate of drug-likeness (QED) is 0.367. The third-order valence-corrected chi connectivity index (χ3v) is 5.73. The summed E-state index contributed by atoms with van der Waals surface area (Å²) in [5, 5.41) is 10.1. The summed E-state index contributed by atoms with van der Waals surface area (Å²) >= 11 is 0. The molecule has 23 heavy (non-hydrogen) atoms. The Labute approximate surface area is 141 Å². The SMILES string of the molecule is CCS(=O)(=O)N1CCC(NC(=NC)NCCNC(C)(C)C)CC1. The maximum absolute atomic E-state index is 11.9. The van der Waals surface area contributed by atoms with Gasteiger partial charge in [-0.2, -0.15) is 0 Å². The van der Waals surface area contributed by atoms with Crippen LogP contribution in [0.3, 0.4) is 0 Å². The van der Waals surface area contributed by atoms with Crippen molar-refractivity contribution in [3.63, 3.8) is 0 Å². The molecule has 7 nitrogen and oxygen atoms in total. The van der Waals surface area contributed by atoms with Gasteiger partial charge < -0.3 is 16.0 Å². The van der Waals surface area contributed by atoms with Crippen LogP contribution in [0.2, 0.25) is 0 Å². The van der Waals surface area contributed by atoms with Gasteiger partial charge in [-0.05, 0) is 40.5 Å². The molecule has 1 aliphatic heterocycles. The number of sulfonamides is 1. The summed E-state index contributed by atoms with van der Waals surface area (Å²) in [6.45, 7) is 10.9. The van der Waals surface area contributed by atoms with E-state index < -0.39 is 10.0 Å². The van der Waals surface area contributed by atoms with Crippen LogP contribution >= 0.6 is 0 Å². The van der Waals surface area contributed by atoms with E-state index >= 15 is 0 Å². The molecule has 0 amide bonds. The zero-order chi connectivity index (χ0) is 17.5. The Bertz CT molecular complexity index is 477. The van der Waals surface area contributed by atoms with Gasteiger partial charge in [0.1, 0.15) is 0 Å². The van der Waals surface area contributed by atoms with Crippen LogP contribution < -0.4 is 16.0 Å². The normalized spacial score (nSPS) is 18.9. The average molecular weight is 348 g/mol. The number of nitrogens with zero attached hydrogens (tertiary/aromatic N) is 2. The minimum Gasteiger partial charge on any atom is -0.355 e. The van der Waals surface area contributed by atoms with Crippen LogP contribution in [0, 0.1) is 0 Å². The molecule has 136 valence electrons. The fourth-order valence-electron chi connectivity index (χ4n) is 2.47. The average Bonchev–Trinajstić information content (AvgIpc) is 2.49. The summed E-state index contributed by atoms with van der Waals surface area (Å²) in [4.78, 5) is 4.23. The minimum atomic E-state index is -3.06. The lowest BCUT2D eigenvalue weighted by Crippen LogP contribution is -2.51. The van der Waals surface area contributed by atoms with Crippen molar-refractivity contribution < 1.29 is 8.42 Å². The van der Waals surface area contributed by atoms with Gasteiger partial charge in [-0.1, -0.05) is 0 Å². The second-order valence-electron chi connectivity index (χ2n) is 6.89. The highest BCUT2D eigenvalue weighted by molar-refractivity contribution is 7.89. The smallest absolute Gasteiger partial charge is 0.213 e. The lowest BCUT2D eigenvalue weighted by atomic mass is 10.1. The van der Waals surface area contributed by atoms with E-state index in [1.807, 2.05) is 0 Å². The molecule has 0 unspecified atom stereocenters. The van der Waals surface area contributed by atoms with Crippen molar-refractivity contribution in [3.8, 4) is 0 Å². The zero-order valence-electron chi connectivity index (χ0n) is 15.1. The van der Waals surface area contributed by atoms with Crippen LogP contribution in [0.4, 0.5) is 0 Å². The van der Waals surface area contributed by atoms with Gasteiger partial charge in [0.15, 0.2) is 5.96 Å². The van der Waals surface area contributed by atoms with Gasteiger partial charge in [0, 0.05) is 44.8 Å². The molecule has 8 heteroatoms. The Balaban J connectivity index is 2.33. The van der Waals surface area contributed by atoms with Crippen LogP contribution in [0.5, 0.6) is 0 Å². The molecule has 0 spiro atoms. The summed E-state index contributed by atoms with van der Waals surface area (Å²) in [7, 11) is -1.31. The Morgan fingerprint density at radius 2 is 1.83 bits per heavy atom. The molecule has 0 bridgehead atoms. The van der Waals surface area contributed by atoms with Crippen molar-refractivity contribution in [1.29, 1.82) is 0 Å². The van der Waals surface area contributed by atoms with Gasteiger partial charge in [0.2, 0.25) is 10.0 Å². The third kappa shape index (κ3) is 7.50. The number of nitrogens with one attached hydrogen (secondary N) is 3. The molecule has 0 aromatic heterocycles. The topological polar surface area (TPSA) is 85.8 Å². The molecule has 1 rings (SSSR count). The maximum atomic E-state index is 11.9. The van der Waals surface area contributed by atoms with Crippen molar-refractivity contribution >= 4 is 16.0 Å². The highest BCUT2D eigenvalue weighted by atomic mass is 32.2.